The molecule has 1 spiro atoms. The summed E-state index contributed by atoms with van der Waals surface area (Å²) in [5, 5.41) is 0. The van der Waals surface area contributed by atoms with Crippen molar-refractivity contribution in [2.45, 2.75) is 71.3 Å². The Balaban J connectivity index is 1.49. The third kappa shape index (κ3) is 3.56. The van der Waals surface area contributed by atoms with Crippen molar-refractivity contribution in [3.63, 3.8) is 0 Å². The lowest BCUT2D eigenvalue weighted by Crippen LogP contribution is -2.42. The second-order valence-electron chi connectivity index (χ2n) is 9.07. The van der Waals surface area contributed by atoms with Gasteiger partial charge in [0.2, 0.25) is 0 Å². The molecule has 0 aromatic heterocycles. The first-order valence-electron chi connectivity index (χ1n) is 9.38. The fourth-order valence-corrected chi connectivity index (χ4v) is 4.76. The largest absolute Gasteiger partial charge is 0.298 e. The van der Waals surface area contributed by atoms with Crippen LogP contribution in [0.1, 0.15) is 65.7 Å². The van der Waals surface area contributed by atoms with Gasteiger partial charge in [-0.2, -0.15) is 0 Å². The van der Waals surface area contributed by atoms with Crippen LogP contribution in [0.15, 0.2) is 0 Å². The van der Waals surface area contributed by atoms with Gasteiger partial charge in [0.15, 0.2) is 0 Å². The third-order valence-electron chi connectivity index (χ3n) is 6.47. The Hall–Kier alpha value is -0.410. The minimum atomic E-state index is 0.298. The zero-order valence-corrected chi connectivity index (χ0v) is 14.9. The van der Waals surface area contributed by atoms with E-state index in [1.54, 1.807) is 0 Å². The van der Waals surface area contributed by atoms with Crippen LogP contribution in [-0.2, 0) is 4.79 Å². The maximum atomic E-state index is 12.5. The van der Waals surface area contributed by atoms with Crippen LogP contribution in [0.3, 0.4) is 0 Å². The van der Waals surface area contributed by atoms with E-state index in [2.05, 4.69) is 30.6 Å². The molecule has 126 valence electrons. The standard InChI is InChI=1S/C19H34N2O/c1-18(2,3)21-13-10-19(15-21)8-6-16(7-9-19)17(22)14-20-11-4-5-12-20/h16H,4-15H2,1-3H3. The minimum Gasteiger partial charge on any atom is -0.298 e. The SMILES string of the molecule is CC(C)(C)N1CCC2(CCC(C(=O)CN3CCCC3)CC2)C1. The van der Waals surface area contributed by atoms with Crippen LogP contribution in [0.5, 0.6) is 0 Å². The molecule has 3 aliphatic rings. The van der Waals surface area contributed by atoms with E-state index in [1.165, 1.54) is 45.2 Å². The second kappa shape index (κ2) is 6.24. The zero-order chi connectivity index (χ0) is 15.8. The number of carbonyl (C=O) groups excluding carboxylic acids is 1. The zero-order valence-electron chi connectivity index (χ0n) is 14.9. The van der Waals surface area contributed by atoms with Crippen LogP contribution < -0.4 is 0 Å². The van der Waals surface area contributed by atoms with Crippen molar-refractivity contribution in [1.29, 1.82) is 0 Å². The molecule has 0 radical (unpaired) electrons. The van der Waals surface area contributed by atoms with Gasteiger partial charge in [-0.15, -0.1) is 0 Å². The number of hydrogen-bond acceptors (Lipinski definition) is 3. The lowest BCUT2D eigenvalue weighted by molar-refractivity contribution is -0.125. The van der Waals surface area contributed by atoms with Crippen molar-refractivity contribution in [3.05, 3.63) is 0 Å². The molecule has 3 rings (SSSR count). The number of likely N-dealkylation sites (tertiary alicyclic amines) is 2. The molecule has 0 aromatic rings. The van der Waals surface area contributed by atoms with Crippen molar-refractivity contribution < 1.29 is 4.79 Å². The number of nitrogens with zero attached hydrogens (tertiary/aromatic N) is 2. The van der Waals surface area contributed by atoms with E-state index >= 15 is 0 Å². The van der Waals surface area contributed by atoms with E-state index in [9.17, 15) is 4.79 Å². The van der Waals surface area contributed by atoms with E-state index in [0.29, 0.717) is 22.7 Å². The molecule has 0 aromatic carbocycles. The molecule has 1 aliphatic carbocycles. The van der Waals surface area contributed by atoms with Gasteiger partial charge in [0.1, 0.15) is 5.78 Å². The number of carbonyl (C=O) groups is 1. The maximum Gasteiger partial charge on any atom is 0.149 e. The van der Waals surface area contributed by atoms with Crippen LogP contribution in [-0.4, -0.2) is 53.8 Å². The summed E-state index contributed by atoms with van der Waals surface area (Å²) in [5.41, 5.74) is 0.823. The summed E-state index contributed by atoms with van der Waals surface area (Å²) in [7, 11) is 0. The molecule has 2 saturated heterocycles. The summed E-state index contributed by atoms with van der Waals surface area (Å²) in [5.74, 6) is 0.886. The van der Waals surface area contributed by atoms with E-state index < -0.39 is 0 Å². The number of Topliss-reactive ketones (excluding diaryl/α,β-unsaturated/α-hetero) is 1. The lowest BCUT2D eigenvalue weighted by atomic mass is 9.69. The van der Waals surface area contributed by atoms with Crippen molar-refractivity contribution in [2.24, 2.45) is 11.3 Å². The highest BCUT2D eigenvalue weighted by Gasteiger charge is 2.44. The van der Waals surface area contributed by atoms with Crippen LogP contribution in [0.25, 0.3) is 0 Å². The summed E-state index contributed by atoms with van der Waals surface area (Å²) < 4.78 is 0. The highest BCUT2D eigenvalue weighted by Crippen LogP contribution is 2.47. The maximum absolute atomic E-state index is 12.5. The summed E-state index contributed by atoms with van der Waals surface area (Å²) in [6.07, 6.45) is 8.74. The van der Waals surface area contributed by atoms with Gasteiger partial charge in [0.25, 0.3) is 0 Å². The average Bonchev–Trinajstić information content (AvgIpc) is 3.09. The van der Waals surface area contributed by atoms with E-state index in [-0.39, 0.29) is 0 Å². The Labute approximate surface area is 136 Å². The third-order valence-corrected chi connectivity index (χ3v) is 6.47. The molecule has 2 heterocycles. The Bertz CT molecular complexity index is 398. The van der Waals surface area contributed by atoms with Crippen molar-refractivity contribution >= 4 is 5.78 Å². The molecular formula is C19H34N2O. The average molecular weight is 306 g/mol. The summed E-state index contributed by atoms with van der Waals surface area (Å²) in [4.78, 5) is 17.5. The van der Waals surface area contributed by atoms with Gasteiger partial charge in [-0.25, -0.2) is 0 Å². The molecule has 3 fully saturated rings. The molecule has 3 heteroatoms. The molecule has 2 aliphatic heterocycles. The molecular weight excluding hydrogens is 272 g/mol. The minimum absolute atomic E-state index is 0.298. The molecule has 0 bridgehead atoms. The quantitative estimate of drug-likeness (QED) is 0.799. The highest BCUT2D eigenvalue weighted by atomic mass is 16.1. The Kier molecular flexibility index (Phi) is 4.66. The van der Waals surface area contributed by atoms with Gasteiger partial charge in [-0.1, -0.05) is 0 Å². The van der Waals surface area contributed by atoms with Crippen LogP contribution in [0, 0.1) is 11.3 Å². The van der Waals surface area contributed by atoms with Gasteiger partial charge in [-0.3, -0.25) is 14.6 Å². The van der Waals surface area contributed by atoms with Gasteiger partial charge in [0.05, 0.1) is 6.54 Å². The number of ketones is 1. The predicted molar refractivity (Wildman–Crippen MR) is 91.0 cm³/mol. The monoisotopic (exact) mass is 306 g/mol. The first kappa shape index (κ1) is 16.4. The Morgan fingerprint density at radius 2 is 1.68 bits per heavy atom. The van der Waals surface area contributed by atoms with E-state index in [4.69, 9.17) is 0 Å². The van der Waals surface area contributed by atoms with Crippen LogP contribution in [0.4, 0.5) is 0 Å². The van der Waals surface area contributed by atoms with Gasteiger partial charge in [-0.05, 0) is 90.8 Å². The molecule has 1 saturated carbocycles. The van der Waals surface area contributed by atoms with Gasteiger partial charge < -0.3 is 0 Å². The van der Waals surface area contributed by atoms with Crippen molar-refractivity contribution in [1.82, 2.24) is 9.80 Å². The van der Waals surface area contributed by atoms with Crippen molar-refractivity contribution in [2.75, 3.05) is 32.7 Å². The summed E-state index contributed by atoms with van der Waals surface area (Å²) >= 11 is 0. The number of rotatable bonds is 3. The van der Waals surface area contributed by atoms with E-state index in [0.717, 1.165) is 32.5 Å². The summed E-state index contributed by atoms with van der Waals surface area (Å²) in [6, 6.07) is 0. The highest BCUT2D eigenvalue weighted by molar-refractivity contribution is 5.83. The fourth-order valence-electron chi connectivity index (χ4n) is 4.76. The number of hydrogen-bond donors (Lipinski definition) is 0. The molecule has 0 amide bonds. The molecule has 0 unspecified atom stereocenters. The molecule has 22 heavy (non-hydrogen) atoms. The fraction of sp³-hybridized carbons (Fsp3) is 0.947. The second-order valence-corrected chi connectivity index (χ2v) is 9.07. The first-order chi connectivity index (χ1) is 10.4. The van der Waals surface area contributed by atoms with Crippen molar-refractivity contribution in [3.8, 4) is 0 Å². The Morgan fingerprint density at radius 3 is 2.23 bits per heavy atom. The lowest BCUT2D eigenvalue weighted by Gasteiger charge is -2.39. The predicted octanol–water partition coefficient (Wildman–Crippen LogP) is 3.33. The molecule has 3 nitrogen and oxygen atoms in total. The summed E-state index contributed by atoms with van der Waals surface area (Å²) in [6.45, 7) is 12.5. The molecule has 0 N–H and O–H groups in total. The van der Waals surface area contributed by atoms with Crippen LogP contribution in [0.2, 0.25) is 0 Å². The van der Waals surface area contributed by atoms with Gasteiger partial charge >= 0.3 is 0 Å². The Morgan fingerprint density at radius 1 is 1.05 bits per heavy atom. The molecule has 0 atom stereocenters. The van der Waals surface area contributed by atoms with Crippen LogP contribution >= 0.6 is 0 Å². The topological polar surface area (TPSA) is 23.6 Å². The smallest absolute Gasteiger partial charge is 0.149 e. The normalized spacial score (nSPS) is 34.6. The van der Waals surface area contributed by atoms with Gasteiger partial charge in [0, 0.05) is 18.0 Å². The first-order valence-corrected chi connectivity index (χ1v) is 9.38. The van der Waals surface area contributed by atoms with E-state index in [1.807, 2.05) is 0 Å².